The van der Waals surface area contributed by atoms with Gasteiger partial charge in [-0.15, -0.1) is 23.2 Å². The highest BCUT2D eigenvalue weighted by molar-refractivity contribution is 6.50. The second-order valence-electron chi connectivity index (χ2n) is 8.94. The van der Waals surface area contributed by atoms with Crippen molar-refractivity contribution in [1.82, 2.24) is 4.98 Å². The van der Waals surface area contributed by atoms with Gasteiger partial charge in [-0.25, -0.2) is 4.79 Å². The zero-order chi connectivity index (χ0) is 29.2. The van der Waals surface area contributed by atoms with Gasteiger partial charge >= 0.3 is 5.97 Å². The first kappa shape index (κ1) is 30.0. The smallest absolute Gasteiger partial charge is 0.354 e. The van der Waals surface area contributed by atoms with Crippen LogP contribution in [0.25, 0.3) is 10.9 Å². The monoisotopic (exact) mass is 639 g/mol. The lowest BCUT2D eigenvalue weighted by Crippen LogP contribution is -2.32. The molecule has 12 heteroatoms. The largest absolute Gasteiger partial charge is 0.461 e. The van der Waals surface area contributed by atoms with Gasteiger partial charge < -0.3 is 20.4 Å². The lowest BCUT2D eigenvalue weighted by molar-refractivity contribution is -0.117. The topological polar surface area (TPSA) is 100 Å². The summed E-state index contributed by atoms with van der Waals surface area (Å²) >= 11 is 31.3. The highest BCUT2D eigenvalue weighted by Crippen LogP contribution is 2.40. The minimum absolute atomic E-state index is 0.114. The number of aromatic amines is 1. The standard InChI is InChI=1S/C28H22Cl5N3O4/c1-3-40-27(39)23-11-14-10-18(5-7-22(14)36-23)34-25(37)20-13-19(4-6-21(20)31)35-26(38)24(28(2,32)33)15-8-16(29)12-17(30)9-15/h4-13,24,36H,3H2,1-2H3,(H,34,37)(H,35,38). The highest BCUT2D eigenvalue weighted by Gasteiger charge is 2.38. The normalized spacial score (nSPS) is 12.2. The van der Waals surface area contributed by atoms with Crippen molar-refractivity contribution in [3.05, 3.63) is 92.6 Å². The van der Waals surface area contributed by atoms with Gasteiger partial charge in [0.1, 0.15) is 10.0 Å². The van der Waals surface area contributed by atoms with Gasteiger partial charge in [-0.2, -0.15) is 0 Å². The number of ether oxygens (including phenoxy) is 1. The Morgan fingerprint density at radius 3 is 2.20 bits per heavy atom. The van der Waals surface area contributed by atoms with Crippen LogP contribution in [0.5, 0.6) is 0 Å². The second-order valence-corrected chi connectivity index (χ2v) is 12.0. The molecule has 0 bridgehead atoms. The predicted molar refractivity (Wildman–Crippen MR) is 162 cm³/mol. The van der Waals surface area contributed by atoms with Gasteiger partial charge in [0.25, 0.3) is 5.91 Å². The Morgan fingerprint density at radius 2 is 1.55 bits per heavy atom. The Balaban J connectivity index is 1.55. The number of halogens is 5. The first-order valence-electron chi connectivity index (χ1n) is 11.9. The van der Waals surface area contributed by atoms with Gasteiger partial charge in [-0.3, -0.25) is 9.59 Å². The molecule has 4 aromatic rings. The molecule has 3 aromatic carbocycles. The fourth-order valence-electron chi connectivity index (χ4n) is 4.14. The molecule has 0 saturated carbocycles. The Labute approximate surface area is 255 Å². The van der Waals surface area contributed by atoms with Crippen LogP contribution in [0.1, 0.15) is 46.2 Å². The van der Waals surface area contributed by atoms with Gasteiger partial charge in [0.15, 0.2) is 0 Å². The van der Waals surface area contributed by atoms with Crippen LogP contribution in [0.2, 0.25) is 15.1 Å². The second kappa shape index (κ2) is 12.3. The molecule has 0 aliphatic carbocycles. The highest BCUT2D eigenvalue weighted by atomic mass is 35.5. The number of amides is 2. The van der Waals surface area contributed by atoms with Crippen molar-refractivity contribution in [3.8, 4) is 0 Å². The number of aromatic nitrogens is 1. The molecule has 0 spiro atoms. The van der Waals surface area contributed by atoms with E-state index in [4.69, 9.17) is 62.7 Å². The number of hydrogen-bond acceptors (Lipinski definition) is 4. The quantitative estimate of drug-likeness (QED) is 0.133. The average Bonchev–Trinajstić information content (AvgIpc) is 3.27. The number of anilines is 2. The average molecular weight is 642 g/mol. The lowest BCUT2D eigenvalue weighted by Gasteiger charge is -2.26. The molecule has 4 rings (SSSR count). The van der Waals surface area contributed by atoms with Crippen LogP contribution in [-0.4, -0.2) is 33.7 Å². The van der Waals surface area contributed by atoms with Crippen molar-refractivity contribution in [3.63, 3.8) is 0 Å². The van der Waals surface area contributed by atoms with Crippen LogP contribution in [0, 0.1) is 0 Å². The molecule has 40 heavy (non-hydrogen) atoms. The summed E-state index contributed by atoms with van der Waals surface area (Å²) < 4.78 is 3.50. The molecule has 0 aliphatic rings. The van der Waals surface area contributed by atoms with Crippen LogP contribution in [0.4, 0.5) is 11.4 Å². The molecule has 1 aromatic heterocycles. The SMILES string of the molecule is CCOC(=O)c1cc2cc(NC(=O)c3cc(NC(=O)C(c4cc(Cl)cc(Cl)c4)C(C)(Cl)Cl)ccc3Cl)ccc2[nH]1. The molecule has 0 radical (unpaired) electrons. The van der Waals surface area contributed by atoms with Crippen molar-refractivity contribution in [2.24, 2.45) is 0 Å². The first-order valence-corrected chi connectivity index (χ1v) is 13.8. The van der Waals surface area contributed by atoms with Gasteiger partial charge in [0.2, 0.25) is 5.91 Å². The van der Waals surface area contributed by atoms with Crippen molar-refractivity contribution in [2.45, 2.75) is 24.1 Å². The minimum Gasteiger partial charge on any atom is -0.461 e. The third kappa shape index (κ3) is 7.03. The molecule has 2 amide bonds. The number of nitrogens with one attached hydrogen (secondary N) is 3. The summed E-state index contributed by atoms with van der Waals surface area (Å²) in [5, 5.41) is 7.02. The number of carbonyl (C=O) groups excluding carboxylic acids is 3. The zero-order valence-corrected chi connectivity index (χ0v) is 24.9. The summed E-state index contributed by atoms with van der Waals surface area (Å²) in [6.07, 6.45) is 0. The summed E-state index contributed by atoms with van der Waals surface area (Å²) in [7, 11) is 0. The van der Waals surface area contributed by atoms with Crippen LogP contribution in [-0.2, 0) is 9.53 Å². The van der Waals surface area contributed by atoms with Crippen LogP contribution >= 0.6 is 58.0 Å². The number of fused-ring (bicyclic) bond motifs is 1. The van der Waals surface area contributed by atoms with E-state index in [1.807, 2.05) is 0 Å². The van der Waals surface area contributed by atoms with Gasteiger partial charge in [-0.1, -0.05) is 34.8 Å². The van der Waals surface area contributed by atoms with E-state index in [9.17, 15) is 14.4 Å². The predicted octanol–water partition coefficient (Wildman–Crippen LogP) is 8.47. The number of alkyl halides is 2. The van der Waals surface area contributed by atoms with E-state index in [0.717, 1.165) is 0 Å². The van der Waals surface area contributed by atoms with E-state index in [0.29, 0.717) is 37.9 Å². The molecule has 3 N–H and O–H groups in total. The fraction of sp³-hybridized carbons (Fsp3) is 0.179. The molecule has 1 heterocycles. The summed E-state index contributed by atoms with van der Waals surface area (Å²) in [4.78, 5) is 41.5. The summed E-state index contributed by atoms with van der Waals surface area (Å²) in [6, 6.07) is 15.8. The Morgan fingerprint density at radius 1 is 0.900 bits per heavy atom. The molecule has 7 nitrogen and oxygen atoms in total. The number of benzene rings is 3. The van der Waals surface area contributed by atoms with E-state index in [2.05, 4.69) is 15.6 Å². The van der Waals surface area contributed by atoms with Crippen molar-refractivity contribution in [1.29, 1.82) is 0 Å². The maximum absolute atomic E-state index is 13.3. The zero-order valence-electron chi connectivity index (χ0n) is 21.1. The number of rotatable bonds is 8. The summed E-state index contributed by atoms with van der Waals surface area (Å²) in [5.41, 5.74) is 2.29. The number of carbonyl (C=O) groups is 3. The third-order valence-electron chi connectivity index (χ3n) is 5.84. The van der Waals surface area contributed by atoms with E-state index in [-0.39, 0.29) is 22.9 Å². The maximum atomic E-state index is 13.3. The van der Waals surface area contributed by atoms with Crippen LogP contribution < -0.4 is 10.6 Å². The van der Waals surface area contributed by atoms with Crippen LogP contribution in [0.15, 0.2) is 60.7 Å². The van der Waals surface area contributed by atoms with E-state index < -0.39 is 28.0 Å². The molecule has 1 atom stereocenters. The molecular weight excluding hydrogens is 620 g/mol. The Bertz CT molecular complexity index is 1590. The first-order chi connectivity index (χ1) is 18.8. The molecule has 208 valence electrons. The minimum atomic E-state index is -1.52. The van der Waals surface area contributed by atoms with E-state index in [1.54, 1.807) is 49.4 Å². The van der Waals surface area contributed by atoms with E-state index >= 15 is 0 Å². The Kier molecular flexibility index (Phi) is 9.22. The number of hydrogen-bond donors (Lipinski definition) is 3. The summed E-state index contributed by atoms with van der Waals surface area (Å²) in [5.74, 6) is -2.58. The molecular formula is C28H22Cl5N3O4. The van der Waals surface area contributed by atoms with Crippen molar-refractivity contribution < 1.29 is 19.1 Å². The number of esters is 1. The van der Waals surface area contributed by atoms with E-state index in [1.165, 1.54) is 25.1 Å². The fourth-order valence-corrected chi connectivity index (χ4v) is 5.33. The molecule has 0 aliphatic heterocycles. The Hall–Kier alpha value is -2.94. The van der Waals surface area contributed by atoms with Crippen molar-refractivity contribution >= 4 is 98.1 Å². The molecule has 0 saturated heterocycles. The van der Waals surface area contributed by atoms with Crippen LogP contribution in [0.3, 0.4) is 0 Å². The lowest BCUT2D eigenvalue weighted by atomic mass is 9.94. The molecule has 0 fully saturated rings. The molecule has 1 unspecified atom stereocenters. The number of H-pyrrole nitrogens is 1. The van der Waals surface area contributed by atoms with Gasteiger partial charge in [-0.05, 0) is 80.1 Å². The van der Waals surface area contributed by atoms with Gasteiger partial charge in [0, 0.05) is 32.3 Å². The summed E-state index contributed by atoms with van der Waals surface area (Å²) in [6.45, 7) is 3.45. The van der Waals surface area contributed by atoms with Gasteiger partial charge in [0.05, 0.1) is 23.1 Å². The maximum Gasteiger partial charge on any atom is 0.354 e. The van der Waals surface area contributed by atoms with Crippen molar-refractivity contribution in [2.75, 3.05) is 17.2 Å². The third-order valence-corrected chi connectivity index (χ3v) is 7.04.